The lowest BCUT2D eigenvalue weighted by molar-refractivity contribution is -0.159. The molecule has 1 N–H and O–H groups in total. The Kier molecular flexibility index (Phi) is 5.42. The number of ether oxygens (including phenoxy) is 1. The van der Waals surface area contributed by atoms with Gasteiger partial charge >= 0.3 is 5.97 Å². The van der Waals surface area contributed by atoms with Crippen molar-refractivity contribution in [3.05, 3.63) is 35.9 Å². The minimum Gasteiger partial charge on any atom is -0.453 e. The SMILES string of the molecule is O=C(OC1(c2ccccc2)CCCNCC1)C(Br)Br. The lowest BCUT2D eigenvalue weighted by atomic mass is 9.86. The van der Waals surface area contributed by atoms with Crippen molar-refractivity contribution in [3.8, 4) is 0 Å². The lowest BCUT2D eigenvalue weighted by Crippen LogP contribution is -2.35. The van der Waals surface area contributed by atoms with Crippen LogP contribution in [0.5, 0.6) is 0 Å². The highest BCUT2D eigenvalue weighted by atomic mass is 79.9. The van der Waals surface area contributed by atoms with Crippen molar-refractivity contribution in [1.82, 2.24) is 5.32 Å². The Balaban J connectivity index is 2.29. The second-order valence-electron chi connectivity index (χ2n) is 4.69. The summed E-state index contributed by atoms with van der Waals surface area (Å²) in [5, 5.41) is 3.36. The number of esters is 1. The second-order valence-corrected chi connectivity index (χ2v) is 7.75. The van der Waals surface area contributed by atoms with E-state index in [4.69, 9.17) is 4.74 Å². The summed E-state index contributed by atoms with van der Waals surface area (Å²) in [4.78, 5) is 12.0. The first-order valence-electron chi connectivity index (χ1n) is 6.41. The van der Waals surface area contributed by atoms with Crippen LogP contribution in [0.2, 0.25) is 0 Å². The summed E-state index contributed by atoms with van der Waals surface area (Å²) in [5.41, 5.74) is 0.564. The van der Waals surface area contributed by atoms with Crippen LogP contribution in [0.25, 0.3) is 0 Å². The summed E-state index contributed by atoms with van der Waals surface area (Å²) in [6.45, 7) is 1.83. The van der Waals surface area contributed by atoms with E-state index in [1.165, 1.54) is 0 Å². The third-order valence-corrected chi connectivity index (χ3v) is 4.16. The van der Waals surface area contributed by atoms with Crippen molar-refractivity contribution >= 4 is 37.8 Å². The summed E-state index contributed by atoms with van der Waals surface area (Å²) in [6, 6.07) is 10.0. The highest BCUT2D eigenvalue weighted by molar-refractivity contribution is 9.25. The van der Waals surface area contributed by atoms with Gasteiger partial charge in [0.25, 0.3) is 0 Å². The number of halogens is 2. The van der Waals surface area contributed by atoms with Crippen molar-refractivity contribution < 1.29 is 9.53 Å². The van der Waals surface area contributed by atoms with Gasteiger partial charge in [-0.3, -0.25) is 0 Å². The molecule has 0 bridgehead atoms. The van der Waals surface area contributed by atoms with Gasteiger partial charge in [-0.15, -0.1) is 0 Å². The first kappa shape index (κ1) is 15.0. The van der Waals surface area contributed by atoms with Crippen molar-refractivity contribution in [2.45, 2.75) is 28.6 Å². The van der Waals surface area contributed by atoms with E-state index in [-0.39, 0.29) is 5.97 Å². The monoisotopic (exact) mass is 389 g/mol. The molecule has 1 aromatic carbocycles. The predicted molar refractivity (Wildman–Crippen MR) is 82.6 cm³/mol. The average molecular weight is 391 g/mol. The summed E-state index contributed by atoms with van der Waals surface area (Å²) < 4.78 is 5.37. The molecule has 5 heteroatoms. The molecule has 0 radical (unpaired) electrons. The zero-order chi connectivity index (χ0) is 13.7. The summed E-state index contributed by atoms with van der Waals surface area (Å²) in [5.74, 6) is -0.272. The van der Waals surface area contributed by atoms with E-state index in [1.54, 1.807) is 0 Å². The van der Waals surface area contributed by atoms with Crippen LogP contribution in [-0.2, 0) is 15.1 Å². The first-order valence-corrected chi connectivity index (χ1v) is 8.24. The molecule has 1 aliphatic rings. The fourth-order valence-electron chi connectivity index (χ4n) is 2.47. The number of alkyl halides is 2. The first-order chi connectivity index (χ1) is 9.14. The van der Waals surface area contributed by atoms with E-state index < -0.39 is 9.34 Å². The second kappa shape index (κ2) is 6.86. The largest absolute Gasteiger partial charge is 0.453 e. The number of rotatable bonds is 3. The molecule has 0 amide bonds. The number of carbonyl (C=O) groups is 1. The van der Waals surface area contributed by atoms with Crippen LogP contribution in [0.3, 0.4) is 0 Å². The Morgan fingerprint density at radius 2 is 1.95 bits per heavy atom. The number of benzene rings is 1. The molecule has 104 valence electrons. The van der Waals surface area contributed by atoms with Crippen LogP contribution in [0.4, 0.5) is 0 Å². The summed E-state index contributed by atoms with van der Waals surface area (Å²) in [7, 11) is 0. The standard InChI is InChI=1S/C14H17Br2NO2/c15-12(16)13(18)19-14(7-4-9-17-10-8-14)11-5-2-1-3-6-11/h1-3,5-6,12,17H,4,7-10H2. The van der Waals surface area contributed by atoms with Gasteiger partial charge in [0.15, 0.2) is 3.74 Å². The lowest BCUT2D eigenvalue weighted by Gasteiger charge is -2.33. The molecule has 1 atom stereocenters. The van der Waals surface area contributed by atoms with Crippen LogP contribution in [-0.4, -0.2) is 22.8 Å². The van der Waals surface area contributed by atoms with Crippen LogP contribution >= 0.6 is 31.9 Å². The topological polar surface area (TPSA) is 38.3 Å². The molecule has 1 aromatic rings. The van der Waals surface area contributed by atoms with Gasteiger partial charge in [-0.1, -0.05) is 62.2 Å². The van der Waals surface area contributed by atoms with Gasteiger partial charge in [-0.25, -0.2) is 4.79 Å². The van der Waals surface area contributed by atoms with Crippen molar-refractivity contribution in [1.29, 1.82) is 0 Å². The van der Waals surface area contributed by atoms with E-state index in [1.807, 2.05) is 30.3 Å². The Morgan fingerprint density at radius 3 is 2.63 bits per heavy atom. The Bertz CT molecular complexity index is 415. The van der Waals surface area contributed by atoms with Gasteiger partial charge in [0.05, 0.1) is 0 Å². The van der Waals surface area contributed by atoms with Gasteiger partial charge in [-0.2, -0.15) is 0 Å². The molecule has 0 spiro atoms. The molecule has 2 rings (SSSR count). The van der Waals surface area contributed by atoms with Crippen LogP contribution in [0.1, 0.15) is 24.8 Å². The Hall–Kier alpha value is -0.390. The van der Waals surface area contributed by atoms with Gasteiger partial charge in [-0.05, 0) is 31.5 Å². The van der Waals surface area contributed by atoms with Crippen LogP contribution < -0.4 is 5.32 Å². The zero-order valence-corrected chi connectivity index (χ0v) is 13.7. The van der Waals surface area contributed by atoms with Crippen molar-refractivity contribution in [2.75, 3.05) is 13.1 Å². The van der Waals surface area contributed by atoms with Gasteiger partial charge in [0, 0.05) is 6.42 Å². The molecule has 19 heavy (non-hydrogen) atoms. The fourth-order valence-corrected chi connectivity index (χ4v) is 2.65. The maximum absolute atomic E-state index is 12.0. The van der Waals surface area contributed by atoms with E-state index in [0.717, 1.165) is 37.9 Å². The molecular weight excluding hydrogens is 374 g/mol. The fraction of sp³-hybridized carbons (Fsp3) is 0.500. The quantitative estimate of drug-likeness (QED) is 0.635. The molecule has 3 nitrogen and oxygen atoms in total. The van der Waals surface area contributed by atoms with Crippen molar-refractivity contribution in [2.24, 2.45) is 0 Å². The maximum atomic E-state index is 12.0. The molecule has 1 unspecified atom stereocenters. The molecule has 1 heterocycles. The molecule has 1 saturated heterocycles. The summed E-state index contributed by atoms with van der Waals surface area (Å²) >= 11 is 6.42. The van der Waals surface area contributed by atoms with Crippen LogP contribution in [0.15, 0.2) is 30.3 Å². The highest BCUT2D eigenvalue weighted by Gasteiger charge is 2.37. The van der Waals surface area contributed by atoms with E-state index in [0.29, 0.717) is 0 Å². The average Bonchev–Trinajstić information content (AvgIpc) is 2.66. The van der Waals surface area contributed by atoms with Gasteiger partial charge < -0.3 is 10.1 Å². The third-order valence-electron chi connectivity index (χ3n) is 3.41. The molecule has 0 saturated carbocycles. The summed E-state index contributed by atoms with van der Waals surface area (Å²) in [6.07, 6.45) is 2.65. The molecule has 0 aliphatic carbocycles. The Morgan fingerprint density at radius 1 is 1.21 bits per heavy atom. The smallest absolute Gasteiger partial charge is 0.331 e. The Labute approximate surface area is 130 Å². The minimum atomic E-state index is -0.512. The molecular formula is C14H17Br2NO2. The highest BCUT2D eigenvalue weighted by Crippen LogP contribution is 2.36. The number of nitrogens with one attached hydrogen (secondary N) is 1. The van der Waals surface area contributed by atoms with Gasteiger partial charge in [0.2, 0.25) is 0 Å². The zero-order valence-electron chi connectivity index (χ0n) is 10.6. The number of carbonyl (C=O) groups excluding carboxylic acids is 1. The van der Waals surface area contributed by atoms with E-state index >= 15 is 0 Å². The molecule has 1 fully saturated rings. The third kappa shape index (κ3) is 3.80. The van der Waals surface area contributed by atoms with Crippen molar-refractivity contribution in [3.63, 3.8) is 0 Å². The van der Waals surface area contributed by atoms with E-state index in [2.05, 4.69) is 37.2 Å². The molecule has 1 aliphatic heterocycles. The maximum Gasteiger partial charge on any atom is 0.331 e. The minimum absolute atomic E-state index is 0.272. The normalized spacial score (nSPS) is 23.9. The van der Waals surface area contributed by atoms with Crippen LogP contribution in [0, 0.1) is 0 Å². The predicted octanol–water partition coefficient (Wildman–Crippen LogP) is 3.31. The van der Waals surface area contributed by atoms with Gasteiger partial charge in [0.1, 0.15) is 5.60 Å². The number of hydrogen-bond donors (Lipinski definition) is 1. The van der Waals surface area contributed by atoms with E-state index in [9.17, 15) is 4.79 Å². The number of hydrogen-bond acceptors (Lipinski definition) is 3. The molecule has 0 aromatic heterocycles.